The maximum absolute atomic E-state index is 5.40. The number of hydrogen-bond acceptors (Lipinski definition) is 5. The van der Waals surface area contributed by atoms with Gasteiger partial charge in [0.25, 0.3) is 5.78 Å². The third-order valence-electron chi connectivity index (χ3n) is 3.35. The third-order valence-corrected chi connectivity index (χ3v) is 3.35. The van der Waals surface area contributed by atoms with E-state index in [1.807, 2.05) is 38.2 Å². The molecule has 0 unspecified atom stereocenters. The summed E-state index contributed by atoms with van der Waals surface area (Å²) in [7, 11) is 3.70. The number of aryl methyl sites for hydroxylation is 1. The topological polar surface area (TPSA) is 55.5 Å². The first-order valence-electron chi connectivity index (χ1n) is 6.69. The Balaban J connectivity index is 1.97. The number of benzene rings is 1. The van der Waals surface area contributed by atoms with Crippen LogP contribution in [0.3, 0.4) is 0 Å². The largest absolute Gasteiger partial charge is 0.496 e. The van der Waals surface area contributed by atoms with Crippen LogP contribution in [0.5, 0.6) is 5.75 Å². The van der Waals surface area contributed by atoms with Crippen LogP contribution in [0, 0.1) is 6.92 Å². The van der Waals surface area contributed by atoms with Gasteiger partial charge in [-0.2, -0.15) is 14.6 Å². The van der Waals surface area contributed by atoms with Crippen molar-refractivity contribution < 1.29 is 4.74 Å². The van der Waals surface area contributed by atoms with Crippen molar-refractivity contribution in [2.45, 2.75) is 13.5 Å². The zero-order valence-corrected chi connectivity index (χ0v) is 12.3. The van der Waals surface area contributed by atoms with Crippen molar-refractivity contribution >= 4 is 11.6 Å². The number of anilines is 1. The van der Waals surface area contributed by atoms with Crippen LogP contribution in [0.4, 0.5) is 5.82 Å². The van der Waals surface area contributed by atoms with Crippen LogP contribution in [0.25, 0.3) is 5.78 Å². The average Bonchev–Trinajstić information content (AvgIpc) is 2.94. The zero-order valence-electron chi connectivity index (χ0n) is 12.3. The van der Waals surface area contributed by atoms with E-state index in [1.54, 1.807) is 11.6 Å². The van der Waals surface area contributed by atoms with Crippen molar-refractivity contribution in [3.63, 3.8) is 0 Å². The number of aromatic nitrogens is 4. The van der Waals surface area contributed by atoms with E-state index in [0.29, 0.717) is 12.3 Å². The molecule has 0 saturated heterocycles. The van der Waals surface area contributed by atoms with Gasteiger partial charge < -0.3 is 9.64 Å². The maximum Gasteiger partial charge on any atom is 0.254 e. The van der Waals surface area contributed by atoms with Crippen molar-refractivity contribution in [3.8, 4) is 5.75 Å². The fourth-order valence-corrected chi connectivity index (χ4v) is 2.35. The lowest BCUT2D eigenvalue weighted by molar-refractivity contribution is 0.409. The molecule has 0 saturated carbocycles. The van der Waals surface area contributed by atoms with Gasteiger partial charge in [0, 0.05) is 30.9 Å². The minimum absolute atomic E-state index is 0.608. The Labute approximate surface area is 123 Å². The van der Waals surface area contributed by atoms with Crippen LogP contribution in [-0.4, -0.2) is 33.7 Å². The fourth-order valence-electron chi connectivity index (χ4n) is 2.35. The van der Waals surface area contributed by atoms with Crippen molar-refractivity contribution in [2.24, 2.45) is 0 Å². The Morgan fingerprint density at radius 1 is 1.29 bits per heavy atom. The van der Waals surface area contributed by atoms with Crippen LogP contribution >= 0.6 is 0 Å². The highest BCUT2D eigenvalue weighted by molar-refractivity contribution is 5.48. The standard InChI is InChI=1S/C15H17N5O/c1-11-8-14(20-15(18-11)16-10-17-20)19(2)9-12-6-4-5-7-13(12)21-3/h4-8,10H,9H2,1-3H3. The molecule has 6 heteroatoms. The SMILES string of the molecule is COc1ccccc1CN(C)c1cc(C)nc2ncnn12. The van der Waals surface area contributed by atoms with E-state index in [9.17, 15) is 0 Å². The van der Waals surface area contributed by atoms with Gasteiger partial charge in [0.05, 0.1) is 7.11 Å². The lowest BCUT2D eigenvalue weighted by Gasteiger charge is -2.21. The molecule has 21 heavy (non-hydrogen) atoms. The summed E-state index contributed by atoms with van der Waals surface area (Å²) in [5.74, 6) is 2.43. The quantitative estimate of drug-likeness (QED) is 0.733. The number of methoxy groups -OCH3 is 1. The van der Waals surface area contributed by atoms with Crippen molar-refractivity contribution in [1.82, 2.24) is 19.6 Å². The molecule has 2 heterocycles. The second-order valence-corrected chi connectivity index (χ2v) is 4.90. The van der Waals surface area contributed by atoms with Gasteiger partial charge in [-0.05, 0) is 13.0 Å². The third kappa shape index (κ3) is 2.52. The fraction of sp³-hybridized carbons (Fsp3) is 0.267. The number of rotatable bonds is 4. The van der Waals surface area contributed by atoms with Crippen molar-refractivity contribution in [3.05, 3.63) is 47.9 Å². The second-order valence-electron chi connectivity index (χ2n) is 4.90. The summed E-state index contributed by atoms with van der Waals surface area (Å²) in [5, 5.41) is 4.24. The summed E-state index contributed by atoms with van der Waals surface area (Å²) in [5.41, 5.74) is 2.03. The molecule has 0 radical (unpaired) electrons. The van der Waals surface area contributed by atoms with Crippen molar-refractivity contribution in [1.29, 1.82) is 0 Å². The number of nitrogens with zero attached hydrogens (tertiary/aromatic N) is 5. The molecule has 0 aliphatic carbocycles. The predicted molar refractivity (Wildman–Crippen MR) is 80.6 cm³/mol. The van der Waals surface area contributed by atoms with Gasteiger partial charge in [-0.15, -0.1) is 0 Å². The molecule has 3 rings (SSSR count). The van der Waals surface area contributed by atoms with E-state index < -0.39 is 0 Å². The molecular formula is C15H17N5O. The highest BCUT2D eigenvalue weighted by Gasteiger charge is 2.12. The van der Waals surface area contributed by atoms with Crippen LogP contribution in [0.1, 0.15) is 11.3 Å². The first kappa shape index (κ1) is 13.4. The van der Waals surface area contributed by atoms with Crippen LogP contribution in [0.15, 0.2) is 36.7 Å². The molecule has 0 bridgehead atoms. The van der Waals surface area contributed by atoms with E-state index in [0.717, 1.165) is 22.8 Å². The summed E-state index contributed by atoms with van der Waals surface area (Å²) in [6.45, 7) is 2.66. The summed E-state index contributed by atoms with van der Waals surface area (Å²) in [6.07, 6.45) is 1.52. The summed E-state index contributed by atoms with van der Waals surface area (Å²) < 4.78 is 7.14. The lowest BCUT2D eigenvalue weighted by Crippen LogP contribution is -2.20. The molecular weight excluding hydrogens is 266 g/mol. The Morgan fingerprint density at radius 3 is 2.90 bits per heavy atom. The van der Waals surface area contributed by atoms with Crippen LogP contribution in [0.2, 0.25) is 0 Å². The van der Waals surface area contributed by atoms with Gasteiger partial charge in [-0.3, -0.25) is 0 Å². The van der Waals surface area contributed by atoms with Crippen molar-refractivity contribution in [2.75, 3.05) is 19.1 Å². The Bertz CT molecular complexity index is 768. The van der Waals surface area contributed by atoms with E-state index >= 15 is 0 Å². The number of ether oxygens (including phenoxy) is 1. The molecule has 108 valence electrons. The maximum atomic E-state index is 5.40. The van der Waals surface area contributed by atoms with E-state index in [1.165, 1.54) is 6.33 Å². The molecule has 1 aromatic carbocycles. The molecule has 0 amide bonds. The molecule has 0 fully saturated rings. The highest BCUT2D eigenvalue weighted by Crippen LogP contribution is 2.22. The van der Waals surface area contributed by atoms with E-state index in [4.69, 9.17) is 4.74 Å². The number of fused-ring (bicyclic) bond motifs is 1. The summed E-state index contributed by atoms with van der Waals surface area (Å²) in [4.78, 5) is 10.6. The van der Waals surface area contributed by atoms with Gasteiger partial charge in [0.2, 0.25) is 0 Å². The average molecular weight is 283 g/mol. The van der Waals surface area contributed by atoms with Gasteiger partial charge in [0.15, 0.2) is 0 Å². The number of hydrogen-bond donors (Lipinski definition) is 0. The lowest BCUT2D eigenvalue weighted by atomic mass is 10.2. The molecule has 6 nitrogen and oxygen atoms in total. The monoisotopic (exact) mass is 283 g/mol. The molecule has 0 atom stereocenters. The second kappa shape index (κ2) is 5.40. The first-order chi connectivity index (χ1) is 10.2. The summed E-state index contributed by atoms with van der Waals surface area (Å²) >= 11 is 0. The Hall–Kier alpha value is -2.63. The highest BCUT2D eigenvalue weighted by atomic mass is 16.5. The normalized spacial score (nSPS) is 10.8. The minimum Gasteiger partial charge on any atom is -0.496 e. The molecule has 3 aromatic rings. The van der Waals surface area contributed by atoms with Crippen LogP contribution in [-0.2, 0) is 6.54 Å². The summed E-state index contributed by atoms with van der Waals surface area (Å²) in [6, 6.07) is 9.99. The molecule has 0 aliphatic heterocycles. The molecule has 2 aromatic heterocycles. The van der Waals surface area contributed by atoms with Gasteiger partial charge in [-0.25, -0.2) is 4.98 Å². The van der Waals surface area contributed by atoms with Gasteiger partial charge in [0.1, 0.15) is 17.9 Å². The molecule has 0 aliphatic rings. The van der Waals surface area contributed by atoms with E-state index in [2.05, 4.69) is 26.0 Å². The van der Waals surface area contributed by atoms with Gasteiger partial charge in [-0.1, -0.05) is 18.2 Å². The van der Waals surface area contributed by atoms with Crippen LogP contribution < -0.4 is 9.64 Å². The zero-order chi connectivity index (χ0) is 14.8. The molecule has 0 N–H and O–H groups in total. The Morgan fingerprint density at radius 2 is 2.10 bits per heavy atom. The smallest absolute Gasteiger partial charge is 0.254 e. The Kier molecular flexibility index (Phi) is 3.43. The predicted octanol–water partition coefficient (Wildman–Crippen LogP) is 2.08. The minimum atomic E-state index is 0.608. The first-order valence-corrected chi connectivity index (χ1v) is 6.69. The van der Waals surface area contributed by atoms with Gasteiger partial charge >= 0.3 is 0 Å². The van der Waals surface area contributed by atoms with E-state index in [-0.39, 0.29) is 0 Å². The molecule has 0 spiro atoms. The number of para-hydroxylation sites is 1.